The fraction of sp³-hybridized carbons (Fsp3) is 0.481. The van der Waals surface area contributed by atoms with E-state index in [1.54, 1.807) is 47.4 Å². The number of amides is 1. The second-order valence-corrected chi connectivity index (χ2v) is 12.5. The number of fused-ring (bicyclic) bond motifs is 1. The van der Waals surface area contributed by atoms with Crippen molar-refractivity contribution in [1.29, 1.82) is 0 Å². The number of nitrogens with zero attached hydrogens (tertiary/aromatic N) is 3. The Labute approximate surface area is 223 Å². The zero-order valence-corrected chi connectivity index (χ0v) is 23.5. The highest BCUT2D eigenvalue weighted by molar-refractivity contribution is 7.87. The van der Waals surface area contributed by atoms with Crippen LogP contribution in [0.2, 0.25) is 0 Å². The summed E-state index contributed by atoms with van der Waals surface area (Å²) in [7, 11) is -4.00. The standard InChI is InChI=1S/C27H36N4O4S2/c1-19(2)30(20(3)4)16-15-28-21-9-12-24(13-10-21)37(33,34)35-23-11-14-25-26(17-23)36-27(29-25)31(18-32)22-7-5-6-8-22/h9-14,17-20,22,28H,5-8,15-16H2,1-4H3. The monoisotopic (exact) mass is 544 g/mol. The summed E-state index contributed by atoms with van der Waals surface area (Å²) in [5.74, 6) is 0.214. The summed E-state index contributed by atoms with van der Waals surface area (Å²) in [5.41, 5.74) is 1.56. The summed E-state index contributed by atoms with van der Waals surface area (Å²) >= 11 is 1.36. The summed E-state index contributed by atoms with van der Waals surface area (Å²) in [4.78, 5) is 20.5. The molecular weight excluding hydrogens is 508 g/mol. The van der Waals surface area contributed by atoms with E-state index in [4.69, 9.17) is 4.18 Å². The fourth-order valence-electron chi connectivity index (χ4n) is 4.88. The summed E-state index contributed by atoms with van der Waals surface area (Å²) < 4.78 is 32.0. The number of nitrogens with one attached hydrogen (secondary N) is 1. The van der Waals surface area contributed by atoms with Crippen LogP contribution in [0.3, 0.4) is 0 Å². The lowest BCUT2D eigenvalue weighted by atomic mass is 10.2. The van der Waals surface area contributed by atoms with E-state index in [1.807, 2.05) is 0 Å². The molecule has 37 heavy (non-hydrogen) atoms. The van der Waals surface area contributed by atoms with Crippen LogP contribution in [0.4, 0.5) is 10.8 Å². The van der Waals surface area contributed by atoms with Crippen LogP contribution in [0.15, 0.2) is 47.4 Å². The lowest BCUT2D eigenvalue weighted by Gasteiger charge is -2.30. The normalized spacial score (nSPS) is 14.7. The van der Waals surface area contributed by atoms with Crippen molar-refractivity contribution >= 4 is 48.9 Å². The molecule has 1 aliphatic carbocycles. The highest BCUT2D eigenvalue weighted by Gasteiger charge is 2.25. The maximum Gasteiger partial charge on any atom is 0.339 e. The van der Waals surface area contributed by atoms with Crippen molar-refractivity contribution in [3.8, 4) is 5.75 Å². The van der Waals surface area contributed by atoms with Gasteiger partial charge in [-0.2, -0.15) is 8.42 Å². The molecule has 8 nitrogen and oxygen atoms in total. The third-order valence-corrected chi connectivity index (χ3v) is 9.07. The van der Waals surface area contributed by atoms with Gasteiger partial charge >= 0.3 is 10.1 Å². The van der Waals surface area contributed by atoms with E-state index in [0.29, 0.717) is 22.7 Å². The average Bonchev–Trinajstić information content (AvgIpc) is 3.52. The second kappa shape index (κ2) is 11.8. The minimum Gasteiger partial charge on any atom is -0.384 e. The van der Waals surface area contributed by atoms with E-state index in [-0.39, 0.29) is 16.7 Å². The molecule has 4 rings (SSSR count). The largest absolute Gasteiger partial charge is 0.384 e. The molecule has 200 valence electrons. The molecule has 0 radical (unpaired) electrons. The first-order valence-electron chi connectivity index (χ1n) is 12.9. The Hall–Kier alpha value is -2.69. The van der Waals surface area contributed by atoms with Gasteiger partial charge in [-0.05, 0) is 76.9 Å². The van der Waals surface area contributed by atoms with Gasteiger partial charge < -0.3 is 9.50 Å². The lowest BCUT2D eigenvalue weighted by Crippen LogP contribution is -2.40. The number of thiazole rings is 1. The first-order valence-corrected chi connectivity index (χ1v) is 15.1. The summed E-state index contributed by atoms with van der Waals surface area (Å²) in [6, 6.07) is 12.7. The summed E-state index contributed by atoms with van der Waals surface area (Å²) in [5, 5.41) is 3.99. The Balaban J connectivity index is 1.41. The maximum absolute atomic E-state index is 12.9. The molecule has 1 N–H and O–H groups in total. The van der Waals surface area contributed by atoms with Crippen LogP contribution in [0, 0.1) is 0 Å². The van der Waals surface area contributed by atoms with Crippen LogP contribution >= 0.6 is 11.3 Å². The van der Waals surface area contributed by atoms with Crippen LogP contribution in [-0.2, 0) is 14.9 Å². The number of rotatable bonds is 12. The number of benzene rings is 2. The molecule has 10 heteroatoms. The Morgan fingerprint density at radius 1 is 1.08 bits per heavy atom. The minimum absolute atomic E-state index is 0.0856. The smallest absolute Gasteiger partial charge is 0.339 e. The Morgan fingerprint density at radius 2 is 1.76 bits per heavy atom. The van der Waals surface area contributed by atoms with E-state index < -0.39 is 10.1 Å². The molecule has 1 amide bonds. The molecule has 0 spiro atoms. The van der Waals surface area contributed by atoms with Crippen molar-refractivity contribution in [1.82, 2.24) is 9.88 Å². The molecule has 1 aliphatic rings. The molecule has 1 aromatic heterocycles. The van der Waals surface area contributed by atoms with E-state index in [0.717, 1.165) is 55.6 Å². The van der Waals surface area contributed by atoms with E-state index >= 15 is 0 Å². The van der Waals surface area contributed by atoms with Gasteiger partial charge in [-0.25, -0.2) is 4.98 Å². The van der Waals surface area contributed by atoms with Crippen molar-refractivity contribution in [3.05, 3.63) is 42.5 Å². The fourth-order valence-corrected chi connectivity index (χ4v) is 6.84. The zero-order valence-electron chi connectivity index (χ0n) is 21.9. The third kappa shape index (κ3) is 6.61. The minimum atomic E-state index is -4.00. The van der Waals surface area contributed by atoms with E-state index in [1.165, 1.54) is 11.3 Å². The molecule has 1 fully saturated rings. The quantitative estimate of drug-likeness (QED) is 0.238. The van der Waals surface area contributed by atoms with Gasteiger partial charge in [0, 0.05) is 43.0 Å². The third-order valence-electron chi connectivity index (χ3n) is 6.78. The molecule has 0 bridgehead atoms. The Kier molecular flexibility index (Phi) is 8.71. The number of hydrogen-bond donors (Lipinski definition) is 1. The second-order valence-electron chi connectivity index (χ2n) is 9.99. The summed E-state index contributed by atoms with van der Waals surface area (Å²) in [6.45, 7) is 10.4. The highest BCUT2D eigenvalue weighted by atomic mass is 32.2. The molecule has 0 atom stereocenters. The maximum atomic E-state index is 12.9. The zero-order chi connectivity index (χ0) is 26.6. The molecular formula is C27H36N4O4S2. The van der Waals surface area contributed by atoms with Crippen LogP contribution in [-0.4, -0.2) is 55.9 Å². The first kappa shape index (κ1) is 27.3. The predicted molar refractivity (Wildman–Crippen MR) is 150 cm³/mol. The predicted octanol–water partition coefficient (Wildman–Crippen LogP) is 5.50. The van der Waals surface area contributed by atoms with Crippen molar-refractivity contribution in [2.24, 2.45) is 0 Å². The molecule has 2 aromatic carbocycles. The molecule has 0 aliphatic heterocycles. The molecule has 0 unspecified atom stereocenters. The number of carbonyl (C=O) groups excluding carboxylic acids is 1. The highest BCUT2D eigenvalue weighted by Crippen LogP contribution is 2.35. The Morgan fingerprint density at radius 3 is 2.38 bits per heavy atom. The number of aromatic nitrogens is 1. The van der Waals surface area contributed by atoms with Gasteiger partial charge in [0.05, 0.1) is 10.2 Å². The van der Waals surface area contributed by atoms with Crippen molar-refractivity contribution in [2.75, 3.05) is 23.3 Å². The van der Waals surface area contributed by atoms with Gasteiger partial charge in [-0.3, -0.25) is 14.6 Å². The van der Waals surface area contributed by atoms with Gasteiger partial charge in [0.25, 0.3) is 0 Å². The van der Waals surface area contributed by atoms with Crippen LogP contribution in [0.25, 0.3) is 10.2 Å². The van der Waals surface area contributed by atoms with Crippen LogP contribution < -0.4 is 14.4 Å². The number of carbonyl (C=O) groups is 1. The van der Waals surface area contributed by atoms with E-state index in [2.05, 4.69) is 42.9 Å². The molecule has 1 heterocycles. The Bertz CT molecular complexity index is 1290. The topological polar surface area (TPSA) is 91.8 Å². The van der Waals surface area contributed by atoms with Gasteiger partial charge in [0.1, 0.15) is 10.6 Å². The van der Waals surface area contributed by atoms with Crippen molar-refractivity contribution in [3.63, 3.8) is 0 Å². The van der Waals surface area contributed by atoms with Gasteiger partial charge in [0.2, 0.25) is 6.41 Å². The van der Waals surface area contributed by atoms with Crippen LogP contribution in [0.5, 0.6) is 5.75 Å². The molecule has 1 saturated carbocycles. The number of hydrogen-bond acceptors (Lipinski definition) is 8. The van der Waals surface area contributed by atoms with Crippen LogP contribution in [0.1, 0.15) is 53.4 Å². The first-order chi connectivity index (χ1) is 17.7. The van der Waals surface area contributed by atoms with Gasteiger partial charge in [-0.1, -0.05) is 24.2 Å². The van der Waals surface area contributed by atoms with Crippen molar-refractivity contribution < 1.29 is 17.4 Å². The van der Waals surface area contributed by atoms with Gasteiger partial charge in [-0.15, -0.1) is 0 Å². The molecule has 3 aromatic rings. The van der Waals surface area contributed by atoms with Gasteiger partial charge in [0.15, 0.2) is 5.13 Å². The average molecular weight is 545 g/mol. The lowest BCUT2D eigenvalue weighted by molar-refractivity contribution is -0.107. The SMILES string of the molecule is CC(C)N(CCNc1ccc(S(=O)(=O)Oc2ccc3nc(N(C=O)C4CCCC4)sc3c2)cc1)C(C)C. The summed E-state index contributed by atoms with van der Waals surface area (Å²) in [6.07, 6.45) is 5.02. The van der Waals surface area contributed by atoms with Crippen molar-refractivity contribution in [2.45, 2.75) is 76.4 Å². The van der Waals surface area contributed by atoms with E-state index in [9.17, 15) is 13.2 Å². The molecule has 0 saturated heterocycles. The number of anilines is 2.